The number of amides is 2. The number of Topliss-reactive ketones (excluding diaryl/α,β-unsaturated/α-hetero) is 2. The zero-order valence-electron chi connectivity index (χ0n) is 53.9. The number of quaternary nitrogens is 1. The number of carbonyl (C=O) groups excluding carboxylic acids is 5. The fraction of sp³-hybridized carbons (Fsp3) is 0.491. The van der Waals surface area contributed by atoms with Crippen LogP contribution in [0.4, 0.5) is 9.59 Å². The summed E-state index contributed by atoms with van der Waals surface area (Å²) in [5.74, 6) is 0.767. The molecule has 3 aromatic carbocycles. The molecule has 3 aromatic heterocycles. The number of carbonyl (C=O) groups is 5. The smallest absolute Gasteiger partial charge is 0.411 e. The Balaban J connectivity index is 0.000000406. The van der Waals surface area contributed by atoms with Crippen LogP contribution >= 0.6 is 46.4 Å². The van der Waals surface area contributed by atoms with E-state index in [0.717, 1.165) is 28.7 Å². The van der Waals surface area contributed by atoms with Crippen LogP contribution in [0.15, 0.2) is 54.6 Å². The van der Waals surface area contributed by atoms with E-state index in [1.54, 1.807) is 73.8 Å². The van der Waals surface area contributed by atoms with E-state index in [4.69, 9.17) is 88.9 Å². The number of halogens is 4. The van der Waals surface area contributed by atoms with Gasteiger partial charge in [0.05, 0.1) is 88.9 Å². The van der Waals surface area contributed by atoms with Crippen molar-refractivity contribution in [2.24, 2.45) is 0 Å². The van der Waals surface area contributed by atoms with Gasteiger partial charge in [0.15, 0.2) is 38.3 Å². The molecule has 92 heavy (non-hydrogen) atoms. The molecule has 0 spiro atoms. The fourth-order valence-corrected chi connectivity index (χ4v) is 9.17. The molecule has 3 saturated heterocycles. The zero-order valence-corrected chi connectivity index (χ0v) is 61.7. The first kappa shape index (κ1) is 80.7. The number of rotatable bonds is 8. The number of nitrogens with zero attached hydrogens (tertiary/aromatic N) is 8. The number of fused-ring (bicyclic) bond motifs is 3. The molecule has 35 heteroatoms. The molecular weight excluding hydrogens is 1550 g/mol. The Bertz CT molecular complexity index is 3770. The second-order valence-electron chi connectivity index (χ2n) is 22.7. The molecule has 0 unspecified atom stereocenters. The third-order valence-electron chi connectivity index (χ3n) is 12.3. The number of aliphatic hydroxyl groups is 1. The largest absolute Gasteiger partial charge is 0.748 e. The number of esters is 1. The van der Waals surface area contributed by atoms with E-state index < -0.39 is 73.9 Å². The summed E-state index contributed by atoms with van der Waals surface area (Å²) in [5.41, 5.74) is 5.08. The first-order valence-electron chi connectivity index (χ1n) is 27.9. The van der Waals surface area contributed by atoms with Crippen LogP contribution in [-0.4, -0.2) is 204 Å². The summed E-state index contributed by atoms with van der Waals surface area (Å²) in [6.07, 6.45) is 0.174. The number of aliphatic hydroxyl groups excluding tert-OH is 1. The molecule has 6 heterocycles. The molecule has 6 atom stereocenters. The summed E-state index contributed by atoms with van der Waals surface area (Å²) in [6, 6.07) is 15.4. The van der Waals surface area contributed by atoms with Gasteiger partial charge in [0.1, 0.15) is 41.7 Å². The van der Waals surface area contributed by atoms with Crippen LogP contribution in [0.5, 0.6) is 17.5 Å². The van der Waals surface area contributed by atoms with Crippen molar-refractivity contribution in [1.82, 2.24) is 39.7 Å². The van der Waals surface area contributed by atoms with Crippen molar-refractivity contribution >= 4 is 138 Å². The molecule has 9 rings (SSSR count). The minimum atomic E-state index is -3.92. The SMILES string of the molecule is CC(=O)[C@@H]1C[C@@H](Oc2nc3cc(C)ccc3nc2Cl)CN1C(=O)OC(C)(C)C.CC(=O)[C@@H]1C[C@@H](Oc2nc3cc(C)ccc3nc2Cl)C[NH2+]1.COC(=O)[C@@H]1C[C@@H](O)CN1C(=O)OC(C)(C)C.COc1ccc2nc(Cl)c(Cl)nc2c1.CS(=O)(=O)O.CS(=O)(=O)[O-].[2H][B].[U]. The maximum Gasteiger partial charge on any atom is 0.411 e. The van der Waals surface area contributed by atoms with E-state index in [-0.39, 0.29) is 101 Å². The van der Waals surface area contributed by atoms with Crippen molar-refractivity contribution in [3.8, 4) is 17.5 Å². The molecule has 3 fully saturated rings. The minimum Gasteiger partial charge on any atom is -0.748 e. The average Bonchev–Trinajstić information content (AvgIpc) is 2.05. The summed E-state index contributed by atoms with van der Waals surface area (Å²) in [7, 11) is -0.994. The summed E-state index contributed by atoms with van der Waals surface area (Å²) in [4.78, 5) is 87.5. The average molecular weight is 1630 g/mol. The van der Waals surface area contributed by atoms with Crippen molar-refractivity contribution in [2.75, 3.05) is 46.4 Å². The number of hydrogen-bond acceptors (Lipinski definition) is 23. The third kappa shape index (κ3) is 28.2. The number of nitrogens with two attached hydrogens (primary N) is 1. The number of likely N-dealkylation sites (tertiary alicyclic amines) is 2. The number of ether oxygens (including phenoxy) is 6. The molecule has 2 amide bonds. The predicted molar refractivity (Wildman–Crippen MR) is 341 cm³/mol. The summed E-state index contributed by atoms with van der Waals surface area (Å²) < 4.78 is 90.4. The van der Waals surface area contributed by atoms with Crippen molar-refractivity contribution < 1.29 is 120 Å². The number of benzene rings is 3. The number of aryl methyl sites for hydroxylation is 2. The molecule has 4 N–H and O–H groups in total. The van der Waals surface area contributed by atoms with Gasteiger partial charge in [0.25, 0.3) is 21.9 Å². The van der Waals surface area contributed by atoms with Gasteiger partial charge in [-0.3, -0.25) is 23.9 Å². The molecule has 27 nitrogen and oxygen atoms in total. The molecule has 0 aliphatic carbocycles. The molecule has 0 saturated carbocycles. The Morgan fingerprint density at radius 1 is 0.630 bits per heavy atom. The standard InChI is InChI=1S/C20H24ClN3O4.C15H16ClN3O2.C11H19NO5.C9H6Cl2N2O.2CH4O3S.BH.U/c1-11-6-7-14-15(8-11)23-18(17(21)22-14)27-13-9-16(12(2)25)24(10-13)19(26)28-20(3,4)5;1-8-3-4-11-13(5-8)19-15(14(16)18-11)21-10-6-12(9(2)20)17-7-10;1-11(2,3)17-10(15)12-6-7(13)5-8(12)9(14)16-4;1-14-5-2-3-6-7(4-5)13-9(11)8(10)12-6;2*1-5(2,3)4;;/h6-8,13,16H,9-10H2,1-5H3;3-5,10,12,17H,6-7H2,1-2H3;7-8,13H,5-6H2,1-4H3;2-4H,1H3;2*1H3,(H,2,3,4);1H;/t13-,16+;10-,12+;7-,8+;;;;;/m111...../s1/i;;;;;;1D;. The maximum absolute atomic E-state index is 12.5. The molecule has 2 radical (unpaired) electrons. The topological polar surface area (TPSA) is 373 Å². The van der Waals surface area contributed by atoms with Crippen molar-refractivity contribution in [3.63, 3.8) is 0 Å². The van der Waals surface area contributed by atoms with Crippen LogP contribution in [0.25, 0.3) is 33.1 Å². The predicted octanol–water partition coefficient (Wildman–Crippen LogP) is 6.69. The van der Waals surface area contributed by atoms with Crippen LogP contribution in [0.1, 0.15) is 85.8 Å². The Morgan fingerprint density at radius 2 is 1.03 bits per heavy atom. The first-order valence-corrected chi connectivity index (χ1v) is 32.5. The Morgan fingerprint density at radius 3 is 1.43 bits per heavy atom. The van der Waals surface area contributed by atoms with Crippen molar-refractivity contribution in [1.29, 1.82) is 1.34 Å². The quantitative estimate of drug-likeness (QED) is 0.0618. The van der Waals surface area contributed by atoms with E-state index in [1.807, 2.05) is 55.6 Å². The van der Waals surface area contributed by atoms with Crippen LogP contribution in [0.2, 0.25) is 20.6 Å². The van der Waals surface area contributed by atoms with Crippen LogP contribution in [-0.2, 0) is 48.8 Å². The normalized spacial score (nSPS) is 18.4. The van der Waals surface area contributed by atoms with Crippen LogP contribution in [0, 0.1) is 45.0 Å². The second kappa shape index (κ2) is 35.8. The fourth-order valence-electron chi connectivity index (χ4n) is 8.54. The van der Waals surface area contributed by atoms with Gasteiger partial charge in [0, 0.05) is 78.0 Å². The van der Waals surface area contributed by atoms with Gasteiger partial charge in [-0.1, -0.05) is 58.5 Å². The Hall–Kier alpha value is -5.55. The third-order valence-corrected chi connectivity index (χ3v) is 13.4. The molecular formula is C57H74BCl4N9O18S2U. The van der Waals surface area contributed by atoms with Crippen LogP contribution in [0.3, 0.4) is 0 Å². The van der Waals surface area contributed by atoms with E-state index in [9.17, 15) is 37.5 Å². The molecule has 3 aliphatic rings. The summed E-state index contributed by atoms with van der Waals surface area (Å²) in [6.45, 7) is 18.6. The van der Waals surface area contributed by atoms with E-state index in [2.05, 4.69) is 43.0 Å². The maximum atomic E-state index is 12.5. The van der Waals surface area contributed by atoms with Crippen molar-refractivity contribution in [3.05, 3.63) is 86.3 Å². The summed E-state index contributed by atoms with van der Waals surface area (Å²) >= 11 is 23.8. The molecule has 502 valence electrons. The zero-order chi connectivity index (χ0) is 70.0. The number of β-amino-alcohol motifs (C(OH)–C–C–N with tert-alkyl or cyclic N) is 1. The minimum absolute atomic E-state index is 0. The molecule has 0 bridgehead atoms. The van der Waals surface area contributed by atoms with E-state index >= 15 is 0 Å². The Kier molecular flexibility index (Phi) is 31.4. The number of methoxy groups -OCH3 is 2. The second-order valence-corrected chi connectivity index (χ2v) is 27.0. The Labute approximate surface area is 580 Å². The first-order chi connectivity index (χ1) is 42.5. The van der Waals surface area contributed by atoms with Gasteiger partial charge in [-0.15, -0.1) is 0 Å². The van der Waals surface area contributed by atoms with Gasteiger partial charge in [0.2, 0.25) is 0 Å². The van der Waals surface area contributed by atoms with Gasteiger partial charge >= 0.3 is 18.2 Å². The number of ketones is 2. The summed E-state index contributed by atoms with van der Waals surface area (Å²) in [5, 5.41) is 12.3. The molecule has 6 aromatic rings. The van der Waals surface area contributed by atoms with E-state index in [0.29, 0.717) is 59.0 Å². The monoisotopic (exact) mass is 1630 g/mol. The van der Waals surface area contributed by atoms with Gasteiger partial charge in [-0.2, -0.15) is 8.42 Å². The number of aromatic nitrogens is 6. The molecule has 3 aliphatic heterocycles. The van der Waals surface area contributed by atoms with Crippen LogP contribution < -0.4 is 19.5 Å². The van der Waals surface area contributed by atoms with Gasteiger partial charge < -0.3 is 43.4 Å². The van der Waals surface area contributed by atoms with Crippen molar-refractivity contribution in [2.45, 2.75) is 136 Å². The number of hydrogen-bond donors (Lipinski definition) is 3. The van der Waals surface area contributed by atoms with E-state index in [1.165, 1.54) is 23.8 Å². The van der Waals surface area contributed by atoms with Gasteiger partial charge in [-0.25, -0.2) is 52.7 Å². The van der Waals surface area contributed by atoms with Gasteiger partial charge in [-0.05, 0) is 111 Å².